The van der Waals surface area contributed by atoms with Crippen LogP contribution in [-0.2, 0) is 6.54 Å². The van der Waals surface area contributed by atoms with E-state index in [4.69, 9.17) is 16.9 Å². The topological polar surface area (TPSA) is 39.9 Å². The van der Waals surface area contributed by atoms with Crippen LogP contribution in [0, 0.1) is 11.3 Å². The molecule has 0 saturated heterocycles. The normalized spacial score (nSPS) is 10.1. The Kier molecular flexibility index (Phi) is 4.23. The van der Waals surface area contributed by atoms with Crippen LogP contribution in [0.15, 0.2) is 27.5 Å². The van der Waals surface area contributed by atoms with Gasteiger partial charge in [-0.3, -0.25) is 0 Å². The van der Waals surface area contributed by atoms with Gasteiger partial charge in [-0.2, -0.15) is 5.26 Å². The molecule has 0 radical (unpaired) electrons. The van der Waals surface area contributed by atoms with Crippen molar-refractivity contribution in [3.05, 3.63) is 43.6 Å². The van der Waals surface area contributed by atoms with Gasteiger partial charge in [-0.1, -0.05) is 11.6 Å². The molecule has 0 bridgehead atoms. The molecule has 0 amide bonds. The van der Waals surface area contributed by atoms with E-state index in [9.17, 15) is 0 Å². The Hall–Kier alpha value is -1.09. The highest BCUT2D eigenvalue weighted by atomic mass is 79.9. The Morgan fingerprint density at radius 1 is 1.61 bits per heavy atom. The van der Waals surface area contributed by atoms with Crippen LogP contribution in [0.3, 0.4) is 0 Å². The third-order valence-electron chi connectivity index (χ3n) is 2.39. The summed E-state index contributed by atoms with van der Waals surface area (Å²) in [4.78, 5) is 6.15. The number of thiophene rings is 1. The quantitative estimate of drug-likeness (QED) is 0.844. The van der Waals surface area contributed by atoms with Gasteiger partial charge in [-0.15, -0.1) is 11.3 Å². The zero-order chi connectivity index (χ0) is 13.1. The molecular formula is C12H9BrClN3S. The van der Waals surface area contributed by atoms with Gasteiger partial charge in [-0.05, 0) is 39.0 Å². The SMILES string of the molecule is CN(Cc1csc(Br)c1)c1nccc(C#N)c1Cl. The Morgan fingerprint density at radius 2 is 2.39 bits per heavy atom. The van der Waals surface area contributed by atoms with E-state index in [0.29, 0.717) is 22.9 Å². The van der Waals surface area contributed by atoms with E-state index in [1.807, 2.05) is 11.9 Å². The van der Waals surface area contributed by atoms with Crippen LogP contribution >= 0.6 is 38.9 Å². The lowest BCUT2D eigenvalue weighted by Gasteiger charge is -2.18. The average molecular weight is 343 g/mol. The molecule has 2 aromatic heterocycles. The molecule has 92 valence electrons. The summed E-state index contributed by atoms with van der Waals surface area (Å²) in [5, 5.41) is 11.4. The minimum Gasteiger partial charge on any atom is -0.354 e. The number of nitriles is 1. The molecule has 18 heavy (non-hydrogen) atoms. The Bertz CT molecular complexity index is 606. The molecule has 2 heterocycles. The van der Waals surface area contributed by atoms with Crippen molar-refractivity contribution < 1.29 is 0 Å². The van der Waals surface area contributed by atoms with Gasteiger partial charge in [0.25, 0.3) is 0 Å². The van der Waals surface area contributed by atoms with Crippen molar-refractivity contribution in [2.75, 3.05) is 11.9 Å². The van der Waals surface area contributed by atoms with Crippen molar-refractivity contribution in [1.29, 1.82) is 5.26 Å². The van der Waals surface area contributed by atoms with Crippen LogP contribution in [-0.4, -0.2) is 12.0 Å². The van der Waals surface area contributed by atoms with E-state index < -0.39 is 0 Å². The maximum atomic E-state index is 8.93. The van der Waals surface area contributed by atoms with Gasteiger partial charge in [0.1, 0.15) is 16.9 Å². The molecule has 0 atom stereocenters. The highest BCUT2D eigenvalue weighted by Gasteiger charge is 2.12. The first kappa shape index (κ1) is 13.3. The maximum absolute atomic E-state index is 8.93. The number of anilines is 1. The molecule has 6 heteroatoms. The first-order valence-corrected chi connectivity index (χ1v) is 7.15. The zero-order valence-corrected chi connectivity index (χ0v) is 12.7. The number of hydrogen-bond donors (Lipinski definition) is 0. The summed E-state index contributed by atoms with van der Waals surface area (Å²) in [5.74, 6) is 0.623. The summed E-state index contributed by atoms with van der Waals surface area (Å²) in [6, 6.07) is 5.73. The third-order valence-corrected chi connectivity index (χ3v) is 4.32. The highest BCUT2D eigenvalue weighted by Crippen LogP contribution is 2.28. The van der Waals surface area contributed by atoms with E-state index >= 15 is 0 Å². The van der Waals surface area contributed by atoms with Gasteiger partial charge in [0.15, 0.2) is 0 Å². The monoisotopic (exact) mass is 341 g/mol. The summed E-state index contributed by atoms with van der Waals surface area (Å²) in [6.45, 7) is 0.698. The molecule has 2 aromatic rings. The molecule has 0 spiro atoms. The number of halogens is 2. The first-order valence-electron chi connectivity index (χ1n) is 5.10. The Morgan fingerprint density at radius 3 is 3.00 bits per heavy atom. The number of pyridine rings is 1. The predicted octanol–water partition coefficient (Wildman–Crippen LogP) is 4.07. The van der Waals surface area contributed by atoms with Gasteiger partial charge in [-0.25, -0.2) is 4.98 Å². The molecule has 2 rings (SSSR count). The van der Waals surface area contributed by atoms with Gasteiger partial charge in [0.2, 0.25) is 0 Å². The second-order valence-corrected chi connectivity index (χ2v) is 6.39. The van der Waals surface area contributed by atoms with E-state index in [1.165, 1.54) is 5.56 Å². The van der Waals surface area contributed by atoms with Crippen molar-refractivity contribution >= 4 is 44.7 Å². The summed E-state index contributed by atoms with van der Waals surface area (Å²) < 4.78 is 1.09. The second-order valence-electron chi connectivity index (χ2n) is 3.72. The first-order chi connectivity index (χ1) is 8.61. The van der Waals surface area contributed by atoms with Crippen molar-refractivity contribution in [2.45, 2.75) is 6.54 Å². The summed E-state index contributed by atoms with van der Waals surface area (Å²) in [7, 11) is 1.90. The Balaban J connectivity index is 2.24. The molecule has 3 nitrogen and oxygen atoms in total. The molecule has 0 aliphatic heterocycles. The van der Waals surface area contributed by atoms with Crippen molar-refractivity contribution in [3.63, 3.8) is 0 Å². The number of rotatable bonds is 3. The molecule has 0 aliphatic carbocycles. The Labute approximate surface area is 123 Å². The van der Waals surface area contributed by atoms with Crippen LogP contribution in [0.2, 0.25) is 5.02 Å². The molecule has 0 N–H and O–H groups in total. The van der Waals surface area contributed by atoms with Crippen LogP contribution in [0.5, 0.6) is 0 Å². The van der Waals surface area contributed by atoms with Gasteiger partial charge in [0, 0.05) is 19.8 Å². The summed E-state index contributed by atoms with van der Waals surface area (Å²) >= 11 is 11.2. The summed E-state index contributed by atoms with van der Waals surface area (Å²) in [6.07, 6.45) is 1.60. The van der Waals surface area contributed by atoms with Crippen molar-refractivity contribution in [1.82, 2.24) is 4.98 Å². The smallest absolute Gasteiger partial charge is 0.148 e. The highest BCUT2D eigenvalue weighted by molar-refractivity contribution is 9.11. The fourth-order valence-electron chi connectivity index (χ4n) is 1.56. The van der Waals surface area contributed by atoms with Crippen LogP contribution in [0.1, 0.15) is 11.1 Å². The zero-order valence-electron chi connectivity index (χ0n) is 9.52. The van der Waals surface area contributed by atoms with Gasteiger partial charge >= 0.3 is 0 Å². The van der Waals surface area contributed by atoms with Crippen LogP contribution in [0.25, 0.3) is 0 Å². The number of hydrogen-bond acceptors (Lipinski definition) is 4. The molecule has 0 unspecified atom stereocenters. The number of nitrogens with zero attached hydrogens (tertiary/aromatic N) is 3. The van der Waals surface area contributed by atoms with E-state index in [2.05, 4.69) is 38.4 Å². The lowest BCUT2D eigenvalue weighted by atomic mass is 10.2. The van der Waals surface area contributed by atoms with Crippen LogP contribution < -0.4 is 4.90 Å². The molecule has 0 saturated carbocycles. The van der Waals surface area contributed by atoms with Crippen LogP contribution in [0.4, 0.5) is 5.82 Å². The lowest BCUT2D eigenvalue weighted by molar-refractivity contribution is 0.901. The number of aromatic nitrogens is 1. The fraction of sp³-hybridized carbons (Fsp3) is 0.167. The van der Waals surface area contributed by atoms with Gasteiger partial charge < -0.3 is 4.90 Å². The lowest BCUT2D eigenvalue weighted by Crippen LogP contribution is -2.18. The maximum Gasteiger partial charge on any atom is 0.148 e. The molecule has 0 aliphatic rings. The second kappa shape index (κ2) is 5.70. The van der Waals surface area contributed by atoms with Gasteiger partial charge in [0.05, 0.1) is 9.35 Å². The minimum atomic E-state index is 0.400. The molecule has 0 fully saturated rings. The van der Waals surface area contributed by atoms with E-state index in [-0.39, 0.29) is 0 Å². The third kappa shape index (κ3) is 2.83. The molecular weight excluding hydrogens is 334 g/mol. The predicted molar refractivity (Wildman–Crippen MR) is 78.1 cm³/mol. The average Bonchev–Trinajstić information content (AvgIpc) is 2.75. The fourth-order valence-corrected chi connectivity index (χ4v) is 3.06. The minimum absolute atomic E-state index is 0.400. The van der Waals surface area contributed by atoms with E-state index in [1.54, 1.807) is 23.6 Å². The largest absolute Gasteiger partial charge is 0.354 e. The van der Waals surface area contributed by atoms with E-state index in [0.717, 1.165) is 3.79 Å². The summed E-state index contributed by atoms with van der Waals surface area (Å²) in [5.41, 5.74) is 1.62. The van der Waals surface area contributed by atoms with Crippen molar-refractivity contribution in [3.8, 4) is 6.07 Å². The standard InChI is InChI=1S/C12H9BrClN3S/c1-17(6-8-4-10(13)18-7-8)12-11(14)9(5-15)2-3-16-12/h2-4,7H,6H2,1H3. The van der Waals surface area contributed by atoms with Crippen molar-refractivity contribution in [2.24, 2.45) is 0 Å². The molecule has 0 aromatic carbocycles.